The van der Waals surface area contributed by atoms with Crippen molar-refractivity contribution in [3.05, 3.63) is 0 Å². The van der Waals surface area contributed by atoms with E-state index in [4.69, 9.17) is 16.3 Å². The van der Waals surface area contributed by atoms with Crippen LogP contribution in [0.25, 0.3) is 0 Å². The van der Waals surface area contributed by atoms with Crippen LogP contribution in [-0.2, 0) is 62.3 Å². The molecule has 6 rings (SSSR count). The van der Waals surface area contributed by atoms with Gasteiger partial charge in [0.05, 0.1) is 45.1 Å². The summed E-state index contributed by atoms with van der Waals surface area (Å²) in [6.45, 7) is 3.19. The van der Waals surface area contributed by atoms with E-state index in [1.807, 2.05) is 20.8 Å². The Hall–Kier alpha value is -6.46. The van der Waals surface area contributed by atoms with Gasteiger partial charge in [0.25, 0.3) is 6.43 Å². The van der Waals surface area contributed by atoms with E-state index in [9.17, 15) is 55.5 Å². The van der Waals surface area contributed by atoms with Crippen LogP contribution in [0.5, 0.6) is 0 Å². The van der Waals surface area contributed by atoms with E-state index in [1.54, 1.807) is 11.8 Å². The first-order chi connectivity index (χ1) is 49.5. The van der Waals surface area contributed by atoms with Gasteiger partial charge in [-0.1, -0.05) is 98.3 Å². The highest BCUT2D eigenvalue weighted by Gasteiger charge is 2.51. The molecule has 1 spiro atoms. The van der Waals surface area contributed by atoms with Crippen molar-refractivity contribution in [2.24, 2.45) is 35.5 Å². The second-order valence-electron chi connectivity index (χ2n) is 31.3. The minimum absolute atomic E-state index is 0.0243. The summed E-state index contributed by atoms with van der Waals surface area (Å²) in [4.78, 5) is 191. The van der Waals surface area contributed by atoms with Gasteiger partial charge in [0.15, 0.2) is 0 Å². The van der Waals surface area contributed by atoms with Gasteiger partial charge in [0.2, 0.25) is 70.9 Å². The Kier molecular flexibility index (Phi) is 33.9. The average molecular weight is 1520 g/mol. The Morgan fingerprint density at radius 1 is 0.610 bits per heavy atom. The van der Waals surface area contributed by atoms with Gasteiger partial charge in [-0.25, -0.2) is 8.78 Å². The minimum Gasteiger partial charge on any atom is -0.374 e. The summed E-state index contributed by atoms with van der Waals surface area (Å²) < 4.78 is 74.7. The maximum Gasteiger partial charge on any atom is 0.393 e. The predicted octanol–water partition coefficient (Wildman–Crippen LogP) is 6.60. The number of rotatable bonds is 16. The predicted molar refractivity (Wildman–Crippen MR) is 383 cm³/mol. The third-order valence-corrected chi connectivity index (χ3v) is 23.5. The lowest BCUT2D eigenvalue weighted by molar-refractivity contribution is -0.182. The van der Waals surface area contributed by atoms with E-state index in [0.717, 1.165) is 64.5 Å². The molecule has 0 bridgehead atoms. The number of nitrogens with zero attached hydrogens (tertiary/aromatic N) is 9. The van der Waals surface area contributed by atoms with Crippen molar-refractivity contribution in [1.82, 2.24) is 60.0 Å². The standard InChI is InChI=1S/C74H120ClF5N12O13/c1-12-48(4)64-70(102)86(7)44-62(96)84(5)45-63(97)88(9)56(40-49-24-16-13-17-25-49)68(100)85(6)42-59(93)81-54(31-29-50-28-30-52(53(75)39-50)74(78,79)80)67(99)92(36-37-105-46-58(76)77)43-60(94)83-73(32-20-21-33-73)72(104)90(11)65(51-26-18-14-19-27-51)71(103)89(10)57(69(101)91-34-22-15-23-35-91)41-61(95)87(8)55(38-47(2)3)66(98)82-64/h47-58,64-65H,12-46H2,1-11H3,(H,81,93)(H,82,98)(H,83,94)/t48-,50?,52?,53?,54-,55-,56-,57-,64-,65-/m0/s1. The van der Waals surface area contributed by atoms with Crippen LogP contribution in [0.1, 0.15) is 195 Å². The largest absolute Gasteiger partial charge is 0.393 e. The monoisotopic (exact) mass is 1510 g/mol. The normalized spacial score (nSPS) is 28.1. The highest BCUT2D eigenvalue weighted by Crippen LogP contribution is 2.44. The molecule has 0 radical (unpaired) electrons. The molecule has 596 valence electrons. The van der Waals surface area contributed by atoms with Crippen LogP contribution in [0, 0.1) is 35.5 Å². The Bertz CT molecular complexity index is 2970. The summed E-state index contributed by atoms with van der Waals surface area (Å²) >= 11 is 6.39. The molecule has 12 amide bonds. The number of likely N-dealkylation sites (tertiary alicyclic amines) is 1. The molecule has 31 heteroatoms. The first kappa shape index (κ1) is 87.5. The van der Waals surface area contributed by atoms with Crippen molar-refractivity contribution in [3.63, 3.8) is 0 Å². The number of amides is 12. The molecule has 3 N–H and O–H groups in total. The summed E-state index contributed by atoms with van der Waals surface area (Å²) in [7, 11) is 9.77. The van der Waals surface area contributed by atoms with E-state index in [1.165, 1.54) is 68.9 Å². The molecule has 25 nitrogen and oxygen atoms in total. The molecule has 0 aromatic carbocycles. The van der Waals surface area contributed by atoms with Gasteiger partial charge < -0.3 is 64.8 Å². The van der Waals surface area contributed by atoms with Gasteiger partial charge in [-0.2, -0.15) is 13.2 Å². The van der Waals surface area contributed by atoms with Crippen LogP contribution < -0.4 is 16.0 Å². The summed E-state index contributed by atoms with van der Waals surface area (Å²) in [5.74, 6) is -12.1. The number of alkyl halides is 6. The number of carbonyl (C=O) groups excluding carboxylic acids is 12. The zero-order chi connectivity index (χ0) is 77.8. The van der Waals surface area contributed by atoms with Gasteiger partial charge in [-0.05, 0) is 119 Å². The van der Waals surface area contributed by atoms with Gasteiger partial charge in [0, 0.05) is 74.3 Å². The maximum atomic E-state index is 15.8. The van der Waals surface area contributed by atoms with Crippen LogP contribution in [-0.4, -0.2) is 283 Å². The zero-order valence-corrected chi connectivity index (χ0v) is 64.7. The van der Waals surface area contributed by atoms with E-state index in [2.05, 4.69) is 16.0 Å². The molecule has 6 fully saturated rings. The molecule has 6 aliphatic rings. The third kappa shape index (κ3) is 24.5. The molecular weight excluding hydrogens is 1400 g/mol. The lowest BCUT2D eigenvalue weighted by Crippen LogP contribution is -2.64. The maximum absolute atomic E-state index is 15.8. The number of ether oxygens (including phenoxy) is 1. The van der Waals surface area contributed by atoms with Gasteiger partial charge >= 0.3 is 6.18 Å². The van der Waals surface area contributed by atoms with Crippen LogP contribution in [0.4, 0.5) is 22.0 Å². The van der Waals surface area contributed by atoms with Crippen LogP contribution in [0.2, 0.25) is 0 Å². The molecule has 0 aromatic heterocycles. The number of halogens is 6. The van der Waals surface area contributed by atoms with Gasteiger partial charge in [-0.3, -0.25) is 57.5 Å². The van der Waals surface area contributed by atoms with Crippen molar-refractivity contribution >= 4 is 82.5 Å². The minimum atomic E-state index is -4.57. The molecule has 10 atom stereocenters. The van der Waals surface area contributed by atoms with Crippen molar-refractivity contribution in [2.75, 3.05) is 108 Å². The average Bonchev–Trinajstić information content (AvgIpc) is 1.76. The zero-order valence-electron chi connectivity index (χ0n) is 63.9. The van der Waals surface area contributed by atoms with Crippen molar-refractivity contribution in [2.45, 2.75) is 254 Å². The molecule has 0 aromatic rings. The number of hydrogen-bond donors (Lipinski definition) is 3. The number of piperidine rings is 1. The number of carbonyl (C=O) groups is 12. The molecular formula is C74H120ClF5N12O13. The van der Waals surface area contributed by atoms with Crippen molar-refractivity contribution in [1.29, 1.82) is 0 Å². The topological polar surface area (TPSA) is 279 Å². The molecule has 3 unspecified atom stereocenters. The summed E-state index contributed by atoms with van der Waals surface area (Å²) in [5, 5.41) is 7.21. The van der Waals surface area contributed by atoms with E-state index in [-0.39, 0.29) is 69.6 Å². The second-order valence-corrected chi connectivity index (χ2v) is 31.9. The van der Waals surface area contributed by atoms with Gasteiger partial charge in [-0.15, -0.1) is 11.6 Å². The molecule has 2 saturated heterocycles. The van der Waals surface area contributed by atoms with Crippen molar-refractivity contribution < 1.29 is 84.2 Å². The van der Waals surface area contributed by atoms with E-state index in [0.29, 0.717) is 70.9 Å². The Morgan fingerprint density at radius 3 is 1.79 bits per heavy atom. The Balaban J connectivity index is 1.45. The molecule has 2 aliphatic heterocycles. The van der Waals surface area contributed by atoms with E-state index < -0.39 is 207 Å². The SMILES string of the molecule is CC[C@H](C)[C@@H]1NC(=O)[C@H](CC(C)C)N(C)C(=O)C[C@@H](C(=O)N2CCCCC2)N(C)C(=O)[C@H](C2CCCCC2)N(C)C(=O)C2(CCCC2)NC(=O)CN(CCOCC(F)F)C(=O)[C@H](CCC2CCC(C(F)(F)F)C(Cl)C2)NC(=O)CN(C)C(=O)[C@H](CC2CCCCC2)N(C)C(=O)CN(C)C(=O)CN(C)C1=O. The number of nitrogens with one attached hydrogen (secondary N) is 3. The number of hydrogen-bond acceptors (Lipinski definition) is 13. The Labute approximate surface area is 622 Å². The lowest BCUT2D eigenvalue weighted by atomic mass is 9.78. The highest BCUT2D eigenvalue weighted by atomic mass is 35.5. The summed E-state index contributed by atoms with van der Waals surface area (Å²) in [5.41, 5.74) is -1.70. The fraction of sp³-hybridized carbons (Fsp3) is 0.838. The number of likely N-dealkylation sites (N-methyl/N-ethyl adjacent to an activating group) is 7. The fourth-order valence-corrected chi connectivity index (χ4v) is 16.8. The Morgan fingerprint density at radius 2 is 1.20 bits per heavy atom. The molecule has 4 aliphatic carbocycles. The van der Waals surface area contributed by atoms with Crippen molar-refractivity contribution in [3.8, 4) is 0 Å². The van der Waals surface area contributed by atoms with E-state index >= 15 is 24.0 Å². The lowest BCUT2D eigenvalue weighted by Gasteiger charge is -2.43. The van der Waals surface area contributed by atoms with Gasteiger partial charge in [0.1, 0.15) is 48.4 Å². The van der Waals surface area contributed by atoms with Crippen LogP contribution in [0.15, 0.2) is 0 Å². The smallest absolute Gasteiger partial charge is 0.374 e. The first-order valence-electron chi connectivity index (χ1n) is 38.3. The molecule has 4 saturated carbocycles. The van der Waals surface area contributed by atoms with Crippen LogP contribution in [0.3, 0.4) is 0 Å². The molecule has 105 heavy (non-hydrogen) atoms. The summed E-state index contributed by atoms with van der Waals surface area (Å²) in [6, 6.07) is -7.89. The summed E-state index contributed by atoms with van der Waals surface area (Å²) in [6.07, 6.45) is 2.62. The fourth-order valence-electron chi connectivity index (χ4n) is 16.3. The first-order valence-corrected chi connectivity index (χ1v) is 38.8. The highest BCUT2D eigenvalue weighted by molar-refractivity contribution is 6.21. The molecule has 2 heterocycles. The quantitative estimate of drug-likeness (QED) is 0.0835. The third-order valence-electron chi connectivity index (χ3n) is 23.0. The van der Waals surface area contributed by atoms with Crippen LogP contribution >= 0.6 is 11.6 Å². The second kappa shape index (κ2) is 40.7.